The number of methoxy groups -OCH3 is 1. The number of likely N-dealkylation sites (N-methyl/N-ethyl adjacent to an activating group) is 1. The number of fused-ring (bicyclic) bond motifs is 1. The molecular weight excluding hydrogens is 454 g/mol. The van der Waals surface area contributed by atoms with E-state index in [-0.39, 0.29) is 10.8 Å². The monoisotopic (exact) mass is 479 g/mol. The number of carbonyl (C=O) groups is 2. The number of rotatable bonds is 5. The van der Waals surface area contributed by atoms with E-state index in [4.69, 9.17) is 4.74 Å². The Hall–Kier alpha value is -3.85. The number of hydrogen-bond donors (Lipinski definition) is 2. The van der Waals surface area contributed by atoms with Gasteiger partial charge in [-0.25, -0.2) is 17.9 Å². The van der Waals surface area contributed by atoms with Crippen LogP contribution < -0.4 is 19.7 Å². The molecular formula is C25H25N3O5S. The molecule has 0 radical (unpaired) electrons. The summed E-state index contributed by atoms with van der Waals surface area (Å²) in [5.41, 5.74) is 2.76. The lowest BCUT2D eigenvalue weighted by Gasteiger charge is -2.38. The fourth-order valence-electron chi connectivity index (χ4n) is 4.25. The molecule has 9 heteroatoms. The van der Waals surface area contributed by atoms with Gasteiger partial charge in [0.25, 0.3) is 10.0 Å². The van der Waals surface area contributed by atoms with Crippen molar-refractivity contribution in [3.05, 3.63) is 89.5 Å². The van der Waals surface area contributed by atoms with Gasteiger partial charge in [-0.05, 0) is 47.9 Å². The number of urea groups is 1. The van der Waals surface area contributed by atoms with Crippen molar-refractivity contribution >= 4 is 27.6 Å². The molecule has 3 amide bonds. The molecule has 1 heterocycles. The second kappa shape index (κ2) is 9.18. The molecule has 3 aromatic carbocycles. The minimum absolute atomic E-state index is 0.00747. The van der Waals surface area contributed by atoms with E-state index >= 15 is 0 Å². The normalized spacial score (nSPS) is 17.6. The molecule has 2 N–H and O–H groups in total. The van der Waals surface area contributed by atoms with Crippen LogP contribution in [0.2, 0.25) is 0 Å². The third-order valence-corrected chi connectivity index (χ3v) is 7.41. The average Bonchev–Trinajstić information content (AvgIpc) is 2.82. The molecule has 0 spiro atoms. The Morgan fingerprint density at radius 3 is 2.35 bits per heavy atom. The maximum atomic E-state index is 13.4. The summed E-state index contributed by atoms with van der Waals surface area (Å²) in [5.74, 6) is -0.315. The van der Waals surface area contributed by atoms with E-state index in [9.17, 15) is 18.0 Å². The Labute approximate surface area is 198 Å². The first-order valence-electron chi connectivity index (χ1n) is 10.6. The second-order valence-electron chi connectivity index (χ2n) is 8.03. The number of anilines is 1. The van der Waals surface area contributed by atoms with Crippen molar-refractivity contribution in [2.75, 3.05) is 19.1 Å². The first-order chi connectivity index (χ1) is 16.2. The van der Waals surface area contributed by atoms with Gasteiger partial charge in [0.2, 0.25) is 5.91 Å². The zero-order valence-electron chi connectivity index (χ0n) is 19.0. The van der Waals surface area contributed by atoms with Crippen LogP contribution in [0.3, 0.4) is 0 Å². The Kier molecular flexibility index (Phi) is 6.30. The van der Waals surface area contributed by atoms with Gasteiger partial charge >= 0.3 is 6.03 Å². The summed E-state index contributed by atoms with van der Waals surface area (Å²) in [7, 11) is -0.963. The molecule has 0 aliphatic carbocycles. The van der Waals surface area contributed by atoms with Crippen LogP contribution in [0.15, 0.2) is 77.7 Å². The smallest absolute Gasteiger partial charge is 0.329 e. The number of aryl methyl sites for hydroxylation is 1. The molecule has 3 aromatic rings. The van der Waals surface area contributed by atoms with Crippen LogP contribution in [0.1, 0.15) is 22.6 Å². The third kappa shape index (κ3) is 4.34. The van der Waals surface area contributed by atoms with Gasteiger partial charge in [0.15, 0.2) is 0 Å². The Morgan fingerprint density at radius 2 is 1.68 bits per heavy atom. The van der Waals surface area contributed by atoms with Crippen LogP contribution in [0.5, 0.6) is 5.75 Å². The molecule has 8 nitrogen and oxygen atoms in total. The number of carbonyl (C=O) groups excluding carboxylic acids is 2. The molecule has 0 bridgehead atoms. The summed E-state index contributed by atoms with van der Waals surface area (Å²) < 4.78 is 33.0. The number of benzene rings is 3. The summed E-state index contributed by atoms with van der Waals surface area (Å²) in [5, 5.41) is 2.61. The summed E-state index contributed by atoms with van der Waals surface area (Å²) in [4.78, 5) is 27.7. The second-order valence-corrected chi connectivity index (χ2v) is 9.68. The number of amides is 3. The van der Waals surface area contributed by atoms with Gasteiger partial charge in [-0.3, -0.25) is 4.79 Å². The van der Waals surface area contributed by atoms with Crippen molar-refractivity contribution < 1.29 is 22.7 Å². The first-order valence-corrected chi connectivity index (χ1v) is 12.1. The number of sulfonamides is 1. The number of hydrogen-bond acceptors (Lipinski definition) is 5. The van der Waals surface area contributed by atoms with Crippen LogP contribution in [-0.4, -0.2) is 40.6 Å². The Bertz CT molecular complexity index is 1340. The molecule has 0 fully saturated rings. The van der Waals surface area contributed by atoms with E-state index in [1.54, 1.807) is 51.4 Å². The molecule has 1 aliphatic heterocycles. The largest absolute Gasteiger partial charge is 0.497 e. The molecule has 0 unspecified atom stereocenters. The van der Waals surface area contributed by atoms with E-state index in [1.165, 1.54) is 11.0 Å². The summed E-state index contributed by atoms with van der Waals surface area (Å²) in [6.45, 7) is 1.64. The van der Waals surface area contributed by atoms with E-state index in [0.29, 0.717) is 17.0 Å². The summed E-state index contributed by atoms with van der Waals surface area (Å²) in [6.07, 6.45) is 0. The third-order valence-electron chi connectivity index (χ3n) is 5.92. The van der Waals surface area contributed by atoms with Crippen LogP contribution in [0.25, 0.3) is 0 Å². The zero-order chi connectivity index (χ0) is 24.5. The predicted octanol–water partition coefficient (Wildman–Crippen LogP) is 3.17. The Balaban J connectivity index is 1.71. The minimum Gasteiger partial charge on any atom is -0.497 e. The zero-order valence-corrected chi connectivity index (χ0v) is 19.8. The topological polar surface area (TPSA) is 105 Å². The lowest BCUT2D eigenvalue weighted by molar-refractivity contribution is -0.120. The molecule has 0 aromatic heterocycles. The molecule has 0 saturated carbocycles. The summed E-state index contributed by atoms with van der Waals surface area (Å²) in [6, 6.07) is 19.0. The molecule has 176 valence electrons. The number of nitrogens with one attached hydrogen (secondary N) is 2. The average molecular weight is 480 g/mol. The van der Waals surface area contributed by atoms with Crippen LogP contribution >= 0.6 is 0 Å². The highest BCUT2D eigenvalue weighted by Gasteiger charge is 2.41. The lowest BCUT2D eigenvalue weighted by atomic mass is 9.80. The predicted molar refractivity (Wildman–Crippen MR) is 129 cm³/mol. The maximum absolute atomic E-state index is 13.4. The van der Waals surface area contributed by atoms with E-state index < -0.39 is 28.0 Å². The van der Waals surface area contributed by atoms with Gasteiger partial charge in [0.05, 0.1) is 12.0 Å². The minimum atomic E-state index is -4.13. The Morgan fingerprint density at radius 1 is 1.00 bits per heavy atom. The van der Waals surface area contributed by atoms with Crippen LogP contribution in [-0.2, 0) is 14.8 Å². The van der Waals surface area contributed by atoms with Crippen molar-refractivity contribution in [1.82, 2.24) is 10.0 Å². The fourth-order valence-corrected chi connectivity index (χ4v) is 5.41. The number of ether oxygens (including phenoxy) is 1. The molecule has 34 heavy (non-hydrogen) atoms. The van der Waals surface area contributed by atoms with Crippen molar-refractivity contribution in [3.8, 4) is 5.75 Å². The highest BCUT2D eigenvalue weighted by Crippen LogP contribution is 2.41. The standard InChI is InChI=1S/C25H25N3O5S/c1-16-9-7-8-12-21(16)34(31,32)27-25(30)26-23-22(17-10-5-4-6-11-17)19-15-18(33-3)13-14-20(19)28(2)24(23)29/h4-15,22-23H,1-3H3,(H2,26,27,30)/t22-,23+/m1/s1. The quantitative estimate of drug-likeness (QED) is 0.585. The van der Waals surface area contributed by atoms with E-state index in [2.05, 4.69) is 5.32 Å². The van der Waals surface area contributed by atoms with Gasteiger partial charge in [0.1, 0.15) is 11.8 Å². The molecule has 0 saturated heterocycles. The van der Waals surface area contributed by atoms with Crippen molar-refractivity contribution in [2.45, 2.75) is 23.8 Å². The van der Waals surface area contributed by atoms with Crippen LogP contribution in [0, 0.1) is 6.92 Å². The van der Waals surface area contributed by atoms with Gasteiger partial charge in [-0.1, -0.05) is 48.5 Å². The van der Waals surface area contributed by atoms with Gasteiger partial charge in [0, 0.05) is 18.7 Å². The van der Waals surface area contributed by atoms with Crippen molar-refractivity contribution in [3.63, 3.8) is 0 Å². The highest BCUT2D eigenvalue weighted by atomic mass is 32.2. The molecule has 2 atom stereocenters. The number of nitrogens with zero attached hydrogens (tertiary/aromatic N) is 1. The SMILES string of the molecule is COc1ccc2c(c1)[C@@H](c1ccccc1)[C@H](NC(=O)NS(=O)(=O)c1ccccc1C)C(=O)N2C. The van der Waals surface area contributed by atoms with E-state index in [0.717, 1.165) is 11.1 Å². The highest BCUT2D eigenvalue weighted by molar-refractivity contribution is 7.90. The molecule has 1 aliphatic rings. The van der Waals surface area contributed by atoms with Crippen molar-refractivity contribution in [2.24, 2.45) is 0 Å². The van der Waals surface area contributed by atoms with Crippen molar-refractivity contribution in [1.29, 1.82) is 0 Å². The van der Waals surface area contributed by atoms with E-state index in [1.807, 2.05) is 41.1 Å². The van der Waals surface area contributed by atoms with Gasteiger partial charge in [-0.15, -0.1) is 0 Å². The first kappa shape index (κ1) is 23.3. The lowest BCUT2D eigenvalue weighted by Crippen LogP contribution is -2.56. The van der Waals surface area contributed by atoms with Crippen LogP contribution in [0.4, 0.5) is 10.5 Å². The fraction of sp³-hybridized carbons (Fsp3) is 0.200. The summed E-state index contributed by atoms with van der Waals surface area (Å²) >= 11 is 0. The molecule has 4 rings (SSSR count). The van der Waals surface area contributed by atoms with Gasteiger partial charge in [-0.2, -0.15) is 0 Å². The van der Waals surface area contributed by atoms with Gasteiger partial charge < -0.3 is 15.0 Å². The maximum Gasteiger partial charge on any atom is 0.329 e.